The average Bonchev–Trinajstić information content (AvgIpc) is 2.06. The third-order valence-corrected chi connectivity index (χ3v) is 2.70. The number of ether oxygens (including phenoxy) is 1. The molecular weight excluding hydrogens is 192 g/mol. The Morgan fingerprint density at radius 3 is 2.40 bits per heavy atom. The second-order valence-electron chi connectivity index (χ2n) is 5.91. The molecule has 0 bridgehead atoms. The van der Waals surface area contributed by atoms with Gasteiger partial charge in [0.15, 0.2) is 0 Å². The molecule has 1 rings (SSSR count). The van der Waals surface area contributed by atoms with E-state index in [9.17, 15) is 5.11 Å². The van der Waals surface area contributed by atoms with Crippen LogP contribution in [0, 0.1) is 5.41 Å². The fourth-order valence-corrected chi connectivity index (χ4v) is 1.94. The molecule has 0 aromatic heterocycles. The van der Waals surface area contributed by atoms with Crippen molar-refractivity contribution in [2.75, 3.05) is 0 Å². The zero-order chi connectivity index (χ0) is 11.9. The van der Waals surface area contributed by atoms with Gasteiger partial charge in [-0.1, -0.05) is 20.8 Å². The van der Waals surface area contributed by atoms with Crippen LogP contribution in [0.1, 0.15) is 41.0 Å². The first-order chi connectivity index (χ1) is 6.67. The lowest BCUT2D eigenvalue weighted by molar-refractivity contribution is -0.156. The topological polar surface area (TPSA) is 67.8 Å². The summed E-state index contributed by atoms with van der Waals surface area (Å²) in [6.07, 6.45) is -0.372. The largest absolute Gasteiger partial charge is 0.384 e. The Labute approximate surface area is 91.5 Å². The second kappa shape index (κ2) is 3.76. The predicted octanol–water partition coefficient (Wildman–Crippen LogP) is 1.28. The van der Waals surface area contributed by atoms with Gasteiger partial charge in [-0.3, -0.25) is 0 Å². The monoisotopic (exact) mass is 214 g/mol. The van der Waals surface area contributed by atoms with Crippen LogP contribution in [-0.2, 0) is 4.74 Å². The van der Waals surface area contributed by atoms with Crippen LogP contribution in [-0.4, -0.2) is 28.6 Å². The zero-order valence-electron chi connectivity index (χ0n) is 10.2. The Morgan fingerprint density at radius 2 is 2.00 bits per heavy atom. The molecule has 2 atom stereocenters. The highest BCUT2D eigenvalue weighted by molar-refractivity contribution is 5.90. The Bertz CT molecular complexity index is 266. The number of rotatable bonds is 0. The van der Waals surface area contributed by atoms with Crippen molar-refractivity contribution in [3.05, 3.63) is 0 Å². The minimum atomic E-state index is -0.692. The van der Waals surface area contributed by atoms with Crippen LogP contribution in [0.5, 0.6) is 0 Å². The van der Waals surface area contributed by atoms with E-state index in [-0.39, 0.29) is 17.1 Å². The number of hydrogen-bond donors (Lipinski definition) is 2. The van der Waals surface area contributed by atoms with Crippen molar-refractivity contribution >= 4 is 5.71 Å². The van der Waals surface area contributed by atoms with Gasteiger partial charge in [-0.05, 0) is 19.3 Å². The summed E-state index contributed by atoms with van der Waals surface area (Å²) >= 11 is 0. The molecule has 0 spiro atoms. The molecule has 1 aliphatic rings. The number of hydrogen-bond acceptors (Lipinski definition) is 4. The molecule has 0 aromatic rings. The van der Waals surface area contributed by atoms with Crippen molar-refractivity contribution in [1.29, 1.82) is 0 Å². The maximum atomic E-state index is 10.1. The molecule has 0 radical (unpaired) electrons. The third-order valence-electron chi connectivity index (χ3n) is 2.70. The van der Waals surface area contributed by atoms with Gasteiger partial charge in [0, 0.05) is 6.42 Å². The lowest BCUT2D eigenvalue weighted by atomic mass is 9.79. The van der Waals surface area contributed by atoms with Gasteiger partial charge < -0.3 is 15.7 Å². The van der Waals surface area contributed by atoms with E-state index in [0.717, 1.165) is 0 Å². The molecule has 1 fully saturated rings. The van der Waals surface area contributed by atoms with Crippen LogP contribution >= 0.6 is 0 Å². The summed E-state index contributed by atoms with van der Waals surface area (Å²) in [5.41, 5.74) is 0.189. The number of hydrazone groups is 1. The van der Waals surface area contributed by atoms with Crippen molar-refractivity contribution in [2.24, 2.45) is 16.4 Å². The maximum absolute atomic E-state index is 10.1. The van der Waals surface area contributed by atoms with Crippen molar-refractivity contribution in [2.45, 2.75) is 58.8 Å². The summed E-state index contributed by atoms with van der Waals surface area (Å²) in [6, 6.07) is 0. The molecule has 0 aliphatic carbocycles. The van der Waals surface area contributed by atoms with Gasteiger partial charge in [-0.25, -0.2) is 0 Å². The first-order valence-corrected chi connectivity index (χ1v) is 5.30. The van der Waals surface area contributed by atoms with Gasteiger partial charge in [0.2, 0.25) is 0 Å². The highest BCUT2D eigenvalue weighted by atomic mass is 16.5. The third kappa shape index (κ3) is 2.69. The van der Waals surface area contributed by atoms with Crippen LogP contribution in [0.2, 0.25) is 0 Å². The molecule has 0 aromatic carbocycles. The fraction of sp³-hybridized carbons (Fsp3) is 0.909. The first-order valence-electron chi connectivity index (χ1n) is 5.30. The van der Waals surface area contributed by atoms with E-state index in [4.69, 9.17) is 10.6 Å². The minimum absolute atomic E-state index is 0.132. The summed E-state index contributed by atoms with van der Waals surface area (Å²) in [5.74, 6) is 5.29. The number of nitrogens with two attached hydrogens (primary N) is 1. The average molecular weight is 214 g/mol. The summed E-state index contributed by atoms with van der Waals surface area (Å²) in [7, 11) is 0. The molecule has 1 saturated heterocycles. The van der Waals surface area contributed by atoms with Gasteiger partial charge in [0.05, 0.1) is 17.4 Å². The Balaban J connectivity index is 2.98. The molecule has 88 valence electrons. The van der Waals surface area contributed by atoms with Crippen LogP contribution in [0.25, 0.3) is 0 Å². The van der Waals surface area contributed by atoms with Gasteiger partial charge in [0.25, 0.3) is 0 Å². The molecule has 4 heteroatoms. The van der Waals surface area contributed by atoms with E-state index in [1.165, 1.54) is 0 Å². The van der Waals surface area contributed by atoms with Gasteiger partial charge in [-0.2, -0.15) is 5.10 Å². The van der Waals surface area contributed by atoms with Crippen LogP contribution in [0.15, 0.2) is 5.10 Å². The Morgan fingerprint density at radius 1 is 1.47 bits per heavy atom. The van der Waals surface area contributed by atoms with E-state index < -0.39 is 6.10 Å². The molecule has 4 nitrogen and oxygen atoms in total. The fourth-order valence-electron chi connectivity index (χ4n) is 1.94. The lowest BCUT2D eigenvalue weighted by Gasteiger charge is -2.45. The van der Waals surface area contributed by atoms with E-state index in [0.29, 0.717) is 12.1 Å². The van der Waals surface area contributed by atoms with Crippen LogP contribution in [0.4, 0.5) is 0 Å². The quantitative estimate of drug-likeness (QED) is 0.471. The lowest BCUT2D eigenvalue weighted by Crippen LogP contribution is -2.55. The zero-order valence-corrected chi connectivity index (χ0v) is 10.2. The second-order valence-corrected chi connectivity index (χ2v) is 5.91. The Kier molecular flexibility index (Phi) is 3.12. The molecule has 15 heavy (non-hydrogen) atoms. The Hall–Kier alpha value is -0.610. The molecule has 1 unspecified atom stereocenters. The summed E-state index contributed by atoms with van der Waals surface area (Å²) in [5, 5.41) is 13.7. The van der Waals surface area contributed by atoms with E-state index in [1.807, 2.05) is 34.6 Å². The van der Waals surface area contributed by atoms with Gasteiger partial charge in [-0.15, -0.1) is 0 Å². The maximum Gasteiger partial charge on any atom is 0.121 e. The SMILES string of the molecule is CC1(C)C/C(=N\N)[C@H](O)C(C(C)(C)C)O1. The summed E-state index contributed by atoms with van der Waals surface area (Å²) in [6.45, 7) is 10.1. The molecule has 0 amide bonds. The normalized spacial score (nSPS) is 34.4. The summed E-state index contributed by atoms with van der Waals surface area (Å²) in [4.78, 5) is 0. The standard InChI is InChI=1S/C11H22N2O2/c1-10(2,3)9-8(14)7(13-12)6-11(4,5)15-9/h8-9,14H,6,12H2,1-5H3/b13-7+/t8-,9?/m0/s1. The van der Waals surface area contributed by atoms with Crippen molar-refractivity contribution in [1.82, 2.24) is 0 Å². The smallest absolute Gasteiger partial charge is 0.121 e. The molecule has 0 saturated carbocycles. The first kappa shape index (κ1) is 12.5. The molecular formula is C11H22N2O2. The molecule has 3 N–H and O–H groups in total. The number of aliphatic hydroxyl groups excluding tert-OH is 1. The van der Waals surface area contributed by atoms with Crippen molar-refractivity contribution in [3.63, 3.8) is 0 Å². The van der Waals surface area contributed by atoms with Crippen LogP contribution < -0.4 is 5.84 Å². The van der Waals surface area contributed by atoms with Crippen molar-refractivity contribution < 1.29 is 9.84 Å². The van der Waals surface area contributed by atoms with Gasteiger partial charge >= 0.3 is 0 Å². The number of nitrogens with zero attached hydrogens (tertiary/aromatic N) is 1. The van der Waals surface area contributed by atoms with E-state index >= 15 is 0 Å². The van der Waals surface area contributed by atoms with Gasteiger partial charge in [0.1, 0.15) is 6.10 Å². The van der Waals surface area contributed by atoms with Crippen LogP contribution in [0.3, 0.4) is 0 Å². The highest BCUT2D eigenvalue weighted by Gasteiger charge is 2.44. The van der Waals surface area contributed by atoms with Crippen molar-refractivity contribution in [3.8, 4) is 0 Å². The summed E-state index contributed by atoms with van der Waals surface area (Å²) < 4.78 is 5.90. The predicted molar refractivity (Wildman–Crippen MR) is 60.7 cm³/mol. The number of aliphatic hydroxyl groups is 1. The molecule has 1 aliphatic heterocycles. The van der Waals surface area contributed by atoms with E-state index in [1.54, 1.807) is 0 Å². The minimum Gasteiger partial charge on any atom is -0.384 e. The van der Waals surface area contributed by atoms with E-state index in [2.05, 4.69) is 5.10 Å². The highest BCUT2D eigenvalue weighted by Crippen LogP contribution is 2.35. The molecule has 1 heterocycles.